The van der Waals surface area contributed by atoms with Gasteiger partial charge in [0.05, 0.1) is 24.4 Å². The van der Waals surface area contributed by atoms with E-state index in [1.165, 1.54) is 0 Å². The molecule has 2 atom stereocenters. The molecule has 0 saturated carbocycles. The minimum absolute atomic E-state index is 0.100. The van der Waals surface area contributed by atoms with E-state index in [-0.39, 0.29) is 24.5 Å². The number of aromatic nitrogens is 2. The number of anilines is 1. The van der Waals surface area contributed by atoms with Gasteiger partial charge < -0.3 is 24.8 Å². The van der Waals surface area contributed by atoms with E-state index in [0.29, 0.717) is 11.7 Å². The summed E-state index contributed by atoms with van der Waals surface area (Å²) in [7, 11) is 0. The molecule has 3 heterocycles. The molecule has 2 N–H and O–H groups in total. The van der Waals surface area contributed by atoms with Crippen LogP contribution in [0.2, 0.25) is 0 Å². The van der Waals surface area contributed by atoms with Crippen LogP contribution in [0.4, 0.5) is 5.69 Å². The molecule has 0 bridgehead atoms. The predicted molar refractivity (Wildman–Crippen MR) is 144 cm³/mol. The van der Waals surface area contributed by atoms with Crippen LogP contribution in [0.15, 0.2) is 97.3 Å². The number of benzene rings is 2. The van der Waals surface area contributed by atoms with Gasteiger partial charge in [0.25, 0.3) is 0 Å². The van der Waals surface area contributed by atoms with Crippen molar-refractivity contribution in [1.82, 2.24) is 19.8 Å². The largest absolute Gasteiger partial charge is 0.494 e. The SMILES string of the molecule is CCOc1ccc(-n2cccc2[C@@H]2[C@H](c3ccccn3)NC(=S)N2CC(=O)Nc2ccccc2)cc1. The second-order valence-electron chi connectivity index (χ2n) is 8.40. The first-order valence-corrected chi connectivity index (χ1v) is 12.3. The third-order valence-electron chi connectivity index (χ3n) is 6.08. The van der Waals surface area contributed by atoms with Crippen molar-refractivity contribution in [3.63, 3.8) is 0 Å². The fourth-order valence-electron chi connectivity index (χ4n) is 4.51. The molecule has 1 aliphatic rings. The maximum absolute atomic E-state index is 13.0. The van der Waals surface area contributed by atoms with Gasteiger partial charge in [-0.05, 0) is 79.8 Å². The van der Waals surface area contributed by atoms with Crippen molar-refractivity contribution in [3.8, 4) is 11.4 Å². The molecular formula is C28H27N5O2S. The van der Waals surface area contributed by atoms with Gasteiger partial charge in [0.15, 0.2) is 5.11 Å². The van der Waals surface area contributed by atoms with Gasteiger partial charge in [0.1, 0.15) is 12.3 Å². The number of rotatable bonds is 8. The highest BCUT2D eigenvalue weighted by atomic mass is 32.1. The Bertz CT molecular complexity index is 1330. The lowest BCUT2D eigenvalue weighted by Crippen LogP contribution is -2.37. The quantitative estimate of drug-likeness (QED) is 0.338. The Morgan fingerprint density at radius 2 is 1.81 bits per heavy atom. The molecule has 0 spiro atoms. The Hall–Kier alpha value is -4.17. The van der Waals surface area contributed by atoms with E-state index >= 15 is 0 Å². The van der Waals surface area contributed by atoms with Crippen LogP contribution in [0.1, 0.15) is 30.4 Å². The fourth-order valence-corrected chi connectivity index (χ4v) is 4.82. The van der Waals surface area contributed by atoms with Crippen LogP contribution in [-0.4, -0.2) is 38.6 Å². The summed E-state index contributed by atoms with van der Waals surface area (Å²) in [6.07, 6.45) is 3.79. The Balaban J connectivity index is 1.49. The molecule has 5 rings (SSSR count). The molecule has 182 valence electrons. The van der Waals surface area contributed by atoms with Gasteiger partial charge in [-0.3, -0.25) is 9.78 Å². The van der Waals surface area contributed by atoms with Crippen molar-refractivity contribution in [2.24, 2.45) is 0 Å². The molecule has 1 amide bonds. The van der Waals surface area contributed by atoms with E-state index in [4.69, 9.17) is 17.0 Å². The summed E-state index contributed by atoms with van der Waals surface area (Å²) >= 11 is 5.74. The molecule has 7 nitrogen and oxygen atoms in total. The molecule has 0 unspecified atom stereocenters. The van der Waals surface area contributed by atoms with Crippen molar-refractivity contribution in [1.29, 1.82) is 0 Å². The summed E-state index contributed by atoms with van der Waals surface area (Å²) in [5, 5.41) is 6.90. The number of hydrogen-bond donors (Lipinski definition) is 2. The van der Waals surface area contributed by atoms with Gasteiger partial charge in [-0.1, -0.05) is 24.3 Å². The zero-order chi connectivity index (χ0) is 24.9. The molecule has 2 aromatic carbocycles. The third kappa shape index (κ3) is 4.94. The minimum atomic E-state index is -0.254. The van der Waals surface area contributed by atoms with Crippen LogP contribution in [0.3, 0.4) is 0 Å². The van der Waals surface area contributed by atoms with Crippen LogP contribution in [-0.2, 0) is 4.79 Å². The highest BCUT2D eigenvalue weighted by Gasteiger charge is 2.42. The zero-order valence-electron chi connectivity index (χ0n) is 19.9. The molecule has 0 radical (unpaired) electrons. The average Bonchev–Trinajstić information content (AvgIpc) is 3.50. The van der Waals surface area contributed by atoms with E-state index in [1.54, 1.807) is 6.20 Å². The number of hydrogen-bond acceptors (Lipinski definition) is 4. The van der Waals surface area contributed by atoms with Gasteiger partial charge in [-0.15, -0.1) is 0 Å². The topological polar surface area (TPSA) is 71.4 Å². The first kappa shape index (κ1) is 23.6. The van der Waals surface area contributed by atoms with Crippen LogP contribution >= 0.6 is 12.2 Å². The minimum Gasteiger partial charge on any atom is -0.494 e. The van der Waals surface area contributed by atoms with Crippen molar-refractivity contribution < 1.29 is 9.53 Å². The number of pyridine rings is 1. The van der Waals surface area contributed by atoms with Crippen LogP contribution < -0.4 is 15.4 Å². The second-order valence-corrected chi connectivity index (χ2v) is 8.79. The number of carbonyl (C=O) groups excluding carboxylic acids is 1. The summed E-state index contributed by atoms with van der Waals surface area (Å²) < 4.78 is 7.73. The normalized spacial score (nSPS) is 17.0. The Labute approximate surface area is 215 Å². The zero-order valence-corrected chi connectivity index (χ0v) is 20.7. The fraction of sp³-hybridized carbons (Fsp3) is 0.179. The summed E-state index contributed by atoms with van der Waals surface area (Å²) in [6.45, 7) is 2.68. The molecule has 0 aliphatic carbocycles. The predicted octanol–water partition coefficient (Wildman–Crippen LogP) is 4.88. The molecular weight excluding hydrogens is 470 g/mol. The van der Waals surface area contributed by atoms with Gasteiger partial charge in [-0.2, -0.15) is 0 Å². The Morgan fingerprint density at radius 1 is 1.03 bits per heavy atom. The summed E-state index contributed by atoms with van der Waals surface area (Å²) in [5.74, 6) is 0.681. The van der Waals surface area contributed by atoms with Gasteiger partial charge in [0, 0.05) is 29.5 Å². The number of nitrogens with zero attached hydrogens (tertiary/aromatic N) is 3. The van der Waals surface area contributed by atoms with E-state index in [0.717, 1.165) is 28.5 Å². The van der Waals surface area contributed by atoms with Crippen molar-refractivity contribution in [3.05, 3.63) is 109 Å². The molecule has 2 aromatic heterocycles. The molecule has 1 aliphatic heterocycles. The van der Waals surface area contributed by atoms with E-state index in [9.17, 15) is 4.79 Å². The van der Waals surface area contributed by atoms with Gasteiger partial charge >= 0.3 is 0 Å². The smallest absolute Gasteiger partial charge is 0.244 e. The molecule has 8 heteroatoms. The molecule has 1 fully saturated rings. The lowest BCUT2D eigenvalue weighted by atomic mass is 10.0. The summed E-state index contributed by atoms with van der Waals surface area (Å²) in [6, 6.07) is 26.8. The van der Waals surface area contributed by atoms with E-state index in [2.05, 4.69) is 26.3 Å². The van der Waals surface area contributed by atoms with Crippen molar-refractivity contribution in [2.45, 2.75) is 19.0 Å². The van der Waals surface area contributed by atoms with E-state index in [1.807, 2.05) is 96.9 Å². The lowest BCUT2D eigenvalue weighted by molar-refractivity contribution is -0.116. The van der Waals surface area contributed by atoms with Crippen molar-refractivity contribution in [2.75, 3.05) is 18.5 Å². The Morgan fingerprint density at radius 3 is 2.53 bits per heavy atom. The standard InChI is InChI=1S/C28H27N5O2S/c1-2-35-22-15-13-21(14-16-22)32-18-8-12-24(32)27-26(23-11-6-7-17-29-23)31-28(36)33(27)19-25(34)30-20-9-4-3-5-10-20/h3-18,26-27H,2,19H2,1H3,(H,30,34)(H,31,36)/t26-,27+/m0/s1. The first-order valence-electron chi connectivity index (χ1n) is 11.9. The number of nitrogens with one attached hydrogen (secondary N) is 2. The number of carbonyl (C=O) groups is 1. The number of para-hydroxylation sites is 1. The maximum Gasteiger partial charge on any atom is 0.244 e. The van der Waals surface area contributed by atoms with Gasteiger partial charge in [0.2, 0.25) is 5.91 Å². The van der Waals surface area contributed by atoms with Crippen molar-refractivity contribution >= 4 is 28.9 Å². The second kappa shape index (κ2) is 10.6. The molecule has 1 saturated heterocycles. The summed E-state index contributed by atoms with van der Waals surface area (Å²) in [5.41, 5.74) is 3.59. The first-order chi connectivity index (χ1) is 17.6. The maximum atomic E-state index is 13.0. The molecule has 36 heavy (non-hydrogen) atoms. The molecule has 4 aromatic rings. The Kier molecular flexibility index (Phi) is 6.95. The lowest BCUT2D eigenvalue weighted by Gasteiger charge is -2.28. The third-order valence-corrected chi connectivity index (χ3v) is 6.43. The van der Waals surface area contributed by atoms with E-state index < -0.39 is 0 Å². The monoisotopic (exact) mass is 497 g/mol. The highest BCUT2D eigenvalue weighted by molar-refractivity contribution is 7.80. The number of ether oxygens (including phenoxy) is 1. The number of thiocarbonyl (C=S) groups is 1. The average molecular weight is 498 g/mol. The number of amides is 1. The highest BCUT2D eigenvalue weighted by Crippen LogP contribution is 2.39. The van der Waals surface area contributed by atoms with Crippen LogP contribution in [0, 0.1) is 0 Å². The summed E-state index contributed by atoms with van der Waals surface area (Å²) in [4.78, 5) is 19.6. The van der Waals surface area contributed by atoms with Crippen LogP contribution in [0.25, 0.3) is 5.69 Å². The van der Waals surface area contributed by atoms with Gasteiger partial charge in [-0.25, -0.2) is 0 Å². The van der Waals surface area contributed by atoms with Crippen LogP contribution in [0.5, 0.6) is 5.75 Å².